The molecule has 1 atom stereocenters. The third-order valence-corrected chi connectivity index (χ3v) is 2.28. The number of nitrogens with zero attached hydrogens (tertiary/aromatic N) is 1. The van der Waals surface area contributed by atoms with Gasteiger partial charge in [0.05, 0.1) is 24.0 Å². The van der Waals surface area contributed by atoms with Gasteiger partial charge in [-0.3, -0.25) is 4.98 Å². The van der Waals surface area contributed by atoms with Gasteiger partial charge in [0.15, 0.2) is 0 Å². The van der Waals surface area contributed by atoms with E-state index in [2.05, 4.69) is 11.9 Å². The lowest BCUT2D eigenvalue weighted by molar-refractivity contribution is 0.0452. The third kappa shape index (κ3) is 3.98. The molecule has 16 heavy (non-hydrogen) atoms. The van der Waals surface area contributed by atoms with Crippen LogP contribution in [-0.2, 0) is 11.3 Å². The summed E-state index contributed by atoms with van der Waals surface area (Å²) in [6.07, 6.45) is 3.68. The fourth-order valence-electron chi connectivity index (χ4n) is 1.35. The van der Waals surface area contributed by atoms with Gasteiger partial charge in [-0.15, -0.1) is 0 Å². The fourth-order valence-corrected chi connectivity index (χ4v) is 1.35. The maximum atomic E-state index is 10.6. The number of aromatic carboxylic acids is 1. The van der Waals surface area contributed by atoms with Crippen LogP contribution in [0.4, 0.5) is 0 Å². The van der Waals surface area contributed by atoms with Crippen molar-refractivity contribution in [3.8, 4) is 0 Å². The van der Waals surface area contributed by atoms with Gasteiger partial charge in [0.2, 0.25) is 0 Å². The Balaban J connectivity index is 2.46. The topological polar surface area (TPSA) is 59.4 Å². The molecule has 88 valence electrons. The molecule has 0 aliphatic heterocycles. The van der Waals surface area contributed by atoms with Crippen molar-refractivity contribution in [2.45, 2.75) is 39.4 Å². The average Bonchev–Trinajstić information content (AvgIpc) is 2.27. The van der Waals surface area contributed by atoms with Crippen LogP contribution in [0.15, 0.2) is 18.3 Å². The molecule has 1 rings (SSSR count). The quantitative estimate of drug-likeness (QED) is 0.804. The maximum absolute atomic E-state index is 10.6. The summed E-state index contributed by atoms with van der Waals surface area (Å²) in [6, 6.07) is 3.22. The number of carbonyl (C=O) groups is 1. The highest BCUT2D eigenvalue weighted by molar-refractivity contribution is 5.87. The zero-order valence-electron chi connectivity index (χ0n) is 9.64. The van der Waals surface area contributed by atoms with Crippen molar-refractivity contribution >= 4 is 5.97 Å². The zero-order chi connectivity index (χ0) is 12.0. The molecule has 0 aromatic carbocycles. The van der Waals surface area contributed by atoms with Crippen molar-refractivity contribution in [2.24, 2.45) is 0 Å². The molecular weight excluding hydrogens is 206 g/mol. The summed E-state index contributed by atoms with van der Waals surface area (Å²) in [5.41, 5.74) is 0.957. The normalized spacial score (nSPS) is 12.4. The van der Waals surface area contributed by atoms with Crippen LogP contribution in [0, 0.1) is 0 Å². The summed E-state index contributed by atoms with van der Waals surface area (Å²) in [4.78, 5) is 14.6. The van der Waals surface area contributed by atoms with Crippen LogP contribution < -0.4 is 0 Å². The predicted molar refractivity (Wildman–Crippen MR) is 60.4 cm³/mol. The van der Waals surface area contributed by atoms with Crippen LogP contribution in [0.5, 0.6) is 0 Å². The van der Waals surface area contributed by atoms with E-state index in [0.29, 0.717) is 6.61 Å². The smallest absolute Gasteiger partial charge is 0.337 e. The Hall–Kier alpha value is -1.42. The first-order valence-electron chi connectivity index (χ1n) is 5.43. The van der Waals surface area contributed by atoms with E-state index in [1.807, 2.05) is 6.92 Å². The number of rotatable bonds is 6. The van der Waals surface area contributed by atoms with Crippen molar-refractivity contribution < 1.29 is 14.6 Å². The van der Waals surface area contributed by atoms with Crippen molar-refractivity contribution in [3.63, 3.8) is 0 Å². The van der Waals surface area contributed by atoms with Gasteiger partial charge < -0.3 is 9.84 Å². The molecule has 0 spiro atoms. The molecule has 1 heterocycles. The SMILES string of the molecule is CCCC(C)OCc1ccc(C(=O)O)cn1. The van der Waals surface area contributed by atoms with Gasteiger partial charge in [-0.1, -0.05) is 13.3 Å². The van der Waals surface area contributed by atoms with Crippen LogP contribution in [0.1, 0.15) is 42.7 Å². The van der Waals surface area contributed by atoms with Crippen molar-refractivity contribution in [1.82, 2.24) is 4.98 Å². The second-order valence-electron chi connectivity index (χ2n) is 3.75. The fraction of sp³-hybridized carbons (Fsp3) is 0.500. The molecule has 1 unspecified atom stereocenters. The summed E-state index contributed by atoms with van der Waals surface area (Å²) >= 11 is 0. The van der Waals surface area contributed by atoms with Gasteiger partial charge in [0.25, 0.3) is 0 Å². The third-order valence-electron chi connectivity index (χ3n) is 2.28. The molecule has 1 aromatic rings. The lowest BCUT2D eigenvalue weighted by Crippen LogP contribution is -2.08. The van der Waals surface area contributed by atoms with Gasteiger partial charge in [-0.25, -0.2) is 4.79 Å². The highest BCUT2D eigenvalue weighted by Crippen LogP contribution is 2.06. The highest BCUT2D eigenvalue weighted by Gasteiger charge is 2.04. The van der Waals surface area contributed by atoms with Crippen LogP contribution in [0.2, 0.25) is 0 Å². The summed E-state index contributed by atoms with van der Waals surface area (Å²) in [5, 5.41) is 8.69. The van der Waals surface area contributed by atoms with Gasteiger partial charge in [0, 0.05) is 6.20 Å². The number of hydrogen-bond acceptors (Lipinski definition) is 3. The van der Waals surface area contributed by atoms with Crippen molar-refractivity contribution in [2.75, 3.05) is 0 Å². The molecule has 0 aliphatic carbocycles. The summed E-state index contributed by atoms with van der Waals surface area (Å²) in [6.45, 7) is 4.57. The van der Waals surface area contributed by atoms with E-state index in [0.717, 1.165) is 18.5 Å². The van der Waals surface area contributed by atoms with E-state index in [1.165, 1.54) is 6.20 Å². The van der Waals surface area contributed by atoms with Gasteiger partial charge in [-0.2, -0.15) is 0 Å². The molecule has 0 aliphatic rings. The number of carboxylic acids is 1. The Morgan fingerprint density at radius 3 is 2.81 bits per heavy atom. The van der Waals surface area contributed by atoms with E-state index in [4.69, 9.17) is 9.84 Å². The molecule has 0 fully saturated rings. The van der Waals surface area contributed by atoms with Crippen LogP contribution in [-0.4, -0.2) is 22.2 Å². The largest absolute Gasteiger partial charge is 0.478 e. The molecule has 0 saturated heterocycles. The van der Waals surface area contributed by atoms with Crippen LogP contribution in [0.25, 0.3) is 0 Å². The Morgan fingerprint density at radius 1 is 1.56 bits per heavy atom. The standard InChI is InChI=1S/C12H17NO3/c1-3-4-9(2)16-8-11-6-5-10(7-13-11)12(14)15/h5-7,9H,3-4,8H2,1-2H3,(H,14,15). The minimum absolute atomic E-state index is 0.199. The minimum Gasteiger partial charge on any atom is -0.478 e. The Bertz CT molecular complexity index is 335. The molecule has 0 amide bonds. The van der Waals surface area contributed by atoms with E-state index in [-0.39, 0.29) is 11.7 Å². The lowest BCUT2D eigenvalue weighted by atomic mass is 10.2. The Kier molecular flexibility index (Phi) is 4.92. The van der Waals surface area contributed by atoms with Gasteiger partial charge >= 0.3 is 5.97 Å². The summed E-state index contributed by atoms with van der Waals surface area (Å²) in [7, 11) is 0. The second-order valence-corrected chi connectivity index (χ2v) is 3.75. The summed E-state index contributed by atoms with van der Waals surface area (Å²) < 4.78 is 5.56. The highest BCUT2D eigenvalue weighted by atomic mass is 16.5. The zero-order valence-corrected chi connectivity index (χ0v) is 9.64. The monoisotopic (exact) mass is 223 g/mol. The Labute approximate surface area is 95.3 Å². The number of ether oxygens (including phenoxy) is 1. The molecule has 1 N–H and O–H groups in total. The van der Waals surface area contributed by atoms with Crippen LogP contribution >= 0.6 is 0 Å². The number of hydrogen-bond donors (Lipinski definition) is 1. The first kappa shape index (κ1) is 12.6. The molecule has 0 saturated carbocycles. The molecule has 4 heteroatoms. The predicted octanol–water partition coefficient (Wildman–Crippen LogP) is 2.49. The maximum Gasteiger partial charge on any atom is 0.337 e. The van der Waals surface area contributed by atoms with Gasteiger partial charge in [0.1, 0.15) is 0 Å². The number of pyridine rings is 1. The van der Waals surface area contributed by atoms with Crippen molar-refractivity contribution in [3.05, 3.63) is 29.6 Å². The average molecular weight is 223 g/mol. The van der Waals surface area contributed by atoms with Crippen LogP contribution in [0.3, 0.4) is 0 Å². The van der Waals surface area contributed by atoms with E-state index in [1.54, 1.807) is 12.1 Å². The van der Waals surface area contributed by atoms with Gasteiger partial charge in [-0.05, 0) is 25.5 Å². The molecular formula is C12H17NO3. The molecule has 1 aromatic heterocycles. The lowest BCUT2D eigenvalue weighted by Gasteiger charge is -2.11. The van der Waals surface area contributed by atoms with E-state index < -0.39 is 5.97 Å². The van der Waals surface area contributed by atoms with Crippen molar-refractivity contribution in [1.29, 1.82) is 0 Å². The molecule has 0 radical (unpaired) electrons. The second kappa shape index (κ2) is 6.23. The number of carboxylic acid groups (broad SMARTS) is 1. The minimum atomic E-state index is -0.959. The van der Waals surface area contributed by atoms with E-state index >= 15 is 0 Å². The first-order chi connectivity index (χ1) is 7.63. The number of aromatic nitrogens is 1. The first-order valence-corrected chi connectivity index (χ1v) is 5.43. The molecule has 4 nitrogen and oxygen atoms in total. The molecule has 0 bridgehead atoms. The van der Waals surface area contributed by atoms with E-state index in [9.17, 15) is 4.79 Å². The Morgan fingerprint density at radius 2 is 2.31 bits per heavy atom. The summed E-state index contributed by atoms with van der Waals surface area (Å²) in [5.74, 6) is -0.959.